The highest BCUT2D eigenvalue weighted by atomic mass is 16.5. The Labute approximate surface area is 134 Å². The van der Waals surface area contributed by atoms with Gasteiger partial charge in [-0.2, -0.15) is 0 Å². The molecule has 0 saturated carbocycles. The minimum absolute atomic E-state index is 0.0313. The van der Waals surface area contributed by atoms with Crippen LogP contribution in [0.3, 0.4) is 0 Å². The summed E-state index contributed by atoms with van der Waals surface area (Å²) in [5, 5.41) is 0. The molecule has 22 heavy (non-hydrogen) atoms. The maximum absolute atomic E-state index is 10.9. The third-order valence-electron chi connectivity index (χ3n) is 3.92. The lowest BCUT2D eigenvalue weighted by Gasteiger charge is -2.32. The van der Waals surface area contributed by atoms with Crippen LogP contribution in [0.15, 0.2) is 12.2 Å². The maximum Gasteiger partial charge on any atom is 0.330 e. The minimum Gasteiger partial charge on any atom is -0.462 e. The van der Waals surface area contributed by atoms with Gasteiger partial charge in [-0.1, -0.05) is 47.6 Å². The predicted molar refractivity (Wildman–Crippen MR) is 86.3 cm³/mol. The smallest absolute Gasteiger partial charge is 0.330 e. The summed E-state index contributed by atoms with van der Waals surface area (Å²) < 4.78 is 10.3. The molecule has 0 radical (unpaired) electrons. The number of carbonyl (C=O) groups excluding carboxylic acids is 2. The van der Waals surface area contributed by atoms with Crippen LogP contribution >= 0.6 is 0 Å². The molecule has 2 rings (SSSR count). The largest absolute Gasteiger partial charge is 0.462 e. The van der Waals surface area contributed by atoms with E-state index in [1.807, 2.05) is 6.08 Å². The second-order valence-corrected chi connectivity index (χ2v) is 8.17. The van der Waals surface area contributed by atoms with Crippen molar-refractivity contribution < 1.29 is 19.1 Å². The molecular weight excluding hydrogens is 280 g/mol. The summed E-state index contributed by atoms with van der Waals surface area (Å²) in [7, 11) is 0. The van der Waals surface area contributed by atoms with Crippen LogP contribution in [0.1, 0.15) is 67.2 Å². The first-order valence-electron chi connectivity index (χ1n) is 8.07. The summed E-state index contributed by atoms with van der Waals surface area (Å²) in [4.78, 5) is 21.7. The second kappa shape index (κ2) is 7.30. The fourth-order valence-corrected chi connectivity index (χ4v) is 2.36. The summed E-state index contributed by atoms with van der Waals surface area (Å²) in [6.07, 6.45) is 6.99. The van der Waals surface area contributed by atoms with Crippen LogP contribution in [0, 0.1) is 10.8 Å². The summed E-state index contributed by atoms with van der Waals surface area (Å²) in [6, 6.07) is 0. The van der Waals surface area contributed by atoms with E-state index in [2.05, 4.69) is 41.5 Å². The molecule has 0 aromatic heterocycles. The van der Waals surface area contributed by atoms with Crippen LogP contribution in [-0.4, -0.2) is 24.1 Å². The Bertz CT molecular complexity index is 423. The van der Waals surface area contributed by atoms with Crippen LogP contribution in [-0.2, 0) is 19.1 Å². The first-order chi connectivity index (χ1) is 10.00. The van der Waals surface area contributed by atoms with E-state index in [4.69, 9.17) is 9.47 Å². The number of rotatable bonds is 0. The van der Waals surface area contributed by atoms with Crippen molar-refractivity contribution in [3.05, 3.63) is 12.2 Å². The lowest BCUT2D eigenvalue weighted by molar-refractivity contribution is -0.160. The van der Waals surface area contributed by atoms with Crippen LogP contribution in [0.5, 0.6) is 0 Å². The van der Waals surface area contributed by atoms with Gasteiger partial charge in [0.05, 0.1) is 0 Å². The molecule has 2 heterocycles. The molecule has 126 valence electrons. The number of carbonyl (C=O) groups is 2. The van der Waals surface area contributed by atoms with Gasteiger partial charge in [-0.15, -0.1) is 0 Å². The van der Waals surface area contributed by atoms with E-state index >= 15 is 0 Å². The molecule has 2 aliphatic rings. The van der Waals surface area contributed by atoms with Gasteiger partial charge in [0.25, 0.3) is 0 Å². The Morgan fingerprint density at radius 1 is 0.955 bits per heavy atom. The van der Waals surface area contributed by atoms with Crippen molar-refractivity contribution in [2.24, 2.45) is 10.8 Å². The van der Waals surface area contributed by atoms with Gasteiger partial charge in [0, 0.05) is 18.9 Å². The van der Waals surface area contributed by atoms with Crippen LogP contribution in [0.4, 0.5) is 0 Å². The van der Waals surface area contributed by atoms with Crippen LogP contribution in [0.2, 0.25) is 0 Å². The molecule has 4 nitrogen and oxygen atoms in total. The molecule has 1 saturated heterocycles. The van der Waals surface area contributed by atoms with Gasteiger partial charge in [-0.25, -0.2) is 4.79 Å². The van der Waals surface area contributed by atoms with Gasteiger partial charge in [0.15, 0.2) is 0 Å². The lowest BCUT2D eigenvalue weighted by atomic mass is 9.85. The van der Waals surface area contributed by atoms with Gasteiger partial charge in [0.1, 0.15) is 12.2 Å². The molecule has 4 heteroatoms. The Balaban J connectivity index is 0.000000220. The van der Waals surface area contributed by atoms with Crippen molar-refractivity contribution >= 4 is 11.9 Å². The Morgan fingerprint density at radius 2 is 1.55 bits per heavy atom. The van der Waals surface area contributed by atoms with Gasteiger partial charge in [-0.05, 0) is 23.7 Å². The monoisotopic (exact) mass is 310 g/mol. The molecule has 0 amide bonds. The summed E-state index contributed by atoms with van der Waals surface area (Å²) in [6.45, 7) is 12.5. The molecule has 0 N–H and O–H groups in total. The Kier molecular flexibility index (Phi) is 6.21. The lowest BCUT2D eigenvalue weighted by Crippen LogP contribution is -2.34. The van der Waals surface area contributed by atoms with E-state index in [1.54, 1.807) is 0 Å². The normalized spacial score (nSPS) is 25.7. The topological polar surface area (TPSA) is 52.6 Å². The van der Waals surface area contributed by atoms with E-state index in [1.165, 1.54) is 6.08 Å². The predicted octanol–water partition coefficient (Wildman–Crippen LogP) is 4.03. The summed E-state index contributed by atoms with van der Waals surface area (Å²) in [5.74, 6) is -0.243. The quantitative estimate of drug-likeness (QED) is 0.634. The highest BCUT2D eigenvalue weighted by Crippen LogP contribution is 2.29. The Hall–Kier alpha value is -1.32. The third-order valence-corrected chi connectivity index (χ3v) is 3.92. The average molecular weight is 310 g/mol. The molecule has 0 unspecified atom stereocenters. The number of hydrogen-bond donors (Lipinski definition) is 0. The molecule has 2 atom stereocenters. The minimum atomic E-state index is -0.212. The molecule has 2 aliphatic heterocycles. The zero-order valence-electron chi connectivity index (χ0n) is 14.8. The van der Waals surface area contributed by atoms with Crippen molar-refractivity contribution in [1.29, 1.82) is 0 Å². The van der Waals surface area contributed by atoms with Crippen molar-refractivity contribution in [2.75, 3.05) is 0 Å². The summed E-state index contributed by atoms with van der Waals surface area (Å²) in [5.41, 5.74) is 0.163. The fourth-order valence-electron chi connectivity index (χ4n) is 2.36. The number of esters is 2. The first-order valence-corrected chi connectivity index (χ1v) is 8.07. The SMILES string of the molecule is CC(C)(C)[C@H]1CC=CC(=O)O1.CC(C)(C)[C@H]1CCCC(=O)O1. The molecule has 0 aliphatic carbocycles. The first kappa shape index (κ1) is 18.7. The van der Waals surface area contributed by atoms with E-state index in [9.17, 15) is 9.59 Å². The summed E-state index contributed by atoms with van der Waals surface area (Å²) >= 11 is 0. The molecule has 0 aromatic carbocycles. The highest BCUT2D eigenvalue weighted by molar-refractivity contribution is 5.82. The van der Waals surface area contributed by atoms with Crippen LogP contribution in [0.25, 0.3) is 0 Å². The van der Waals surface area contributed by atoms with Gasteiger partial charge >= 0.3 is 11.9 Å². The number of ether oxygens (including phenoxy) is 2. The van der Waals surface area contributed by atoms with E-state index in [-0.39, 0.29) is 35.0 Å². The van der Waals surface area contributed by atoms with E-state index < -0.39 is 0 Å². The zero-order valence-corrected chi connectivity index (χ0v) is 14.8. The van der Waals surface area contributed by atoms with Gasteiger partial charge in [-0.3, -0.25) is 4.79 Å². The van der Waals surface area contributed by atoms with Crippen molar-refractivity contribution in [3.8, 4) is 0 Å². The maximum atomic E-state index is 10.9. The highest BCUT2D eigenvalue weighted by Gasteiger charge is 2.31. The molecule has 1 fully saturated rings. The van der Waals surface area contributed by atoms with Crippen molar-refractivity contribution in [1.82, 2.24) is 0 Å². The fraction of sp³-hybridized carbons (Fsp3) is 0.778. The van der Waals surface area contributed by atoms with Gasteiger partial charge in [0.2, 0.25) is 0 Å². The molecular formula is C18H30O4. The molecule has 0 bridgehead atoms. The van der Waals surface area contributed by atoms with E-state index in [0.29, 0.717) is 6.42 Å². The van der Waals surface area contributed by atoms with Gasteiger partial charge < -0.3 is 9.47 Å². The third kappa shape index (κ3) is 6.20. The number of hydrogen-bond acceptors (Lipinski definition) is 4. The molecule has 0 aromatic rings. The average Bonchev–Trinajstić information content (AvgIpc) is 2.37. The number of cyclic esters (lactones) is 2. The van der Waals surface area contributed by atoms with Crippen LogP contribution < -0.4 is 0 Å². The van der Waals surface area contributed by atoms with E-state index in [0.717, 1.165) is 19.3 Å². The van der Waals surface area contributed by atoms with Crippen molar-refractivity contribution in [2.45, 2.75) is 79.4 Å². The standard InChI is InChI=1S/C9H16O2.C9H14O2/c2*1-9(2,3)7-5-4-6-8(10)11-7/h7H,4-6H2,1-3H3;4,6-7H,5H2,1-3H3/t2*7-/m11/s1. The van der Waals surface area contributed by atoms with Crippen molar-refractivity contribution in [3.63, 3.8) is 0 Å². The zero-order chi connectivity index (χ0) is 17.0. The Morgan fingerprint density at radius 3 is 1.91 bits per heavy atom. The molecule has 0 spiro atoms. The second-order valence-electron chi connectivity index (χ2n) is 8.17.